The van der Waals surface area contributed by atoms with Gasteiger partial charge in [-0.2, -0.15) is 0 Å². The molecule has 24 nitrogen and oxygen atoms in total. The van der Waals surface area contributed by atoms with E-state index in [4.69, 9.17) is 15.2 Å². The molecule has 4 spiro atoms. The van der Waals surface area contributed by atoms with Crippen LogP contribution in [0.2, 0.25) is 0 Å². The van der Waals surface area contributed by atoms with Gasteiger partial charge in [-0.3, -0.25) is 43.0 Å². The van der Waals surface area contributed by atoms with Crippen LogP contribution in [0.5, 0.6) is 0 Å². The summed E-state index contributed by atoms with van der Waals surface area (Å²) >= 11 is 0. The van der Waals surface area contributed by atoms with Gasteiger partial charge < -0.3 is 40.7 Å². The third-order valence-corrected chi connectivity index (χ3v) is 35.8. The van der Waals surface area contributed by atoms with Crippen LogP contribution in [0.1, 0.15) is 324 Å². The smallest absolute Gasteiger partial charge is 0.408 e. The molecular formula is C89H143N7O17S2. The standard InChI is InChI=1S/C45H71N3O8S.C31H49N3O5S.C13H23NO4/c1-11-19-42(22-23-42)57(54,55)47-37(52)43(25-30(43)12-2)27-34(50)32-26-45(41(9,10)44(45)20-16-21-44)28-48(32)36(51)31(39(3,4)5)24-33(49)35(29-17-14-13-15-18-29)46-38(53)56-40(6,7)8;1-8-11-28(14-15-28)40(38,39)33-25(37)29(16-20(29)9-2)18-22(35)21-17-31(27(6,7)30(31)12-10-13-30)19-34(21)24(36)23(32)26(3,4)5;1-13(2,3)18-12(17)14-10(11(15)16)9-7-5-4-6-8-9/h12,29-32,35H,2,11,13-28H2,1,3-10H3,(H,46,53)(H,47,52);9,20-21,23H,2,8,10-19,32H2,1,3-7H3,(H,33,37);9-10H,4-8H2,1-3H3,(H,14,17)(H,15,16)/t30-,31-,32+,35+,43-,45-;20-,21+,23-,29-,31-;10-/m110/s1. The van der Waals surface area contributed by atoms with Crippen LogP contribution in [0, 0.1) is 83.7 Å². The molecule has 10 saturated carbocycles. The Morgan fingerprint density at radius 2 is 0.861 bits per heavy atom. The lowest BCUT2D eigenvalue weighted by Crippen LogP contribution is -2.54. The van der Waals surface area contributed by atoms with Crippen LogP contribution in [0.4, 0.5) is 9.59 Å². The van der Waals surface area contributed by atoms with Gasteiger partial charge in [0.1, 0.15) is 17.2 Å². The first-order valence-electron chi connectivity index (χ1n) is 43.6. The number of nitrogens with zero attached hydrogens (tertiary/aromatic N) is 2. The number of nitrogens with one attached hydrogen (secondary N) is 4. The van der Waals surface area contributed by atoms with Gasteiger partial charge in [-0.1, -0.05) is 159 Å². The molecule has 648 valence electrons. The highest BCUT2D eigenvalue weighted by Gasteiger charge is 2.87. The van der Waals surface area contributed by atoms with E-state index < -0.39 is 128 Å². The zero-order valence-electron chi connectivity index (χ0n) is 72.9. The summed E-state index contributed by atoms with van der Waals surface area (Å²) in [4.78, 5) is 140. The lowest BCUT2D eigenvalue weighted by Gasteiger charge is -2.37. The summed E-state index contributed by atoms with van der Waals surface area (Å²) < 4.78 is 67.1. The van der Waals surface area contributed by atoms with Gasteiger partial charge >= 0.3 is 18.2 Å². The topological polar surface area (TPSA) is 358 Å². The number of nitrogens with two attached hydrogens (primary N) is 1. The van der Waals surface area contributed by atoms with Crippen molar-refractivity contribution in [3.05, 3.63) is 25.3 Å². The predicted octanol–water partition coefficient (Wildman–Crippen LogP) is 14.4. The molecule has 12 rings (SSSR count). The van der Waals surface area contributed by atoms with Gasteiger partial charge in [-0.25, -0.2) is 31.2 Å². The number of alkyl carbamates (subject to hydrolysis) is 2. The Kier molecular flexibility index (Phi) is 25.5. The fourth-order valence-electron chi connectivity index (χ4n) is 23.1. The first kappa shape index (κ1) is 91.5. The lowest BCUT2D eigenvalue weighted by atomic mass is 9.73. The van der Waals surface area contributed by atoms with Crippen LogP contribution in [0.15, 0.2) is 25.3 Å². The molecule has 12 aliphatic rings. The van der Waals surface area contributed by atoms with Gasteiger partial charge in [0, 0.05) is 49.1 Å². The number of sulfonamides is 2. The van der Waals surface area contributed by atoms with Gasteiger partial charge in [0.25, 0.3) is 0 Å². The van der Waals surface area contributed by atoms with Crippen LogP contribution in [0.3, 0.4) is 0 Å². The molecule has 115 heavy (non-hydrogen) atoms. The molecule has 0 aromatic heterocycles. The van der Waals surface area contributed by atoms with E-state index in [1.54, 1.807) is 63.5 Å². The number of fused-ring (bicyclic) bond motifs is 2. The van der Waals surface area contributed by atoms with Crippen molar-refractivity contribution >= 4 is 79.2 Å². The highest BCUT2D eigenvalue weighted by molar-refractivity contribution is 7.92. The van der Waals surface area contributed by atoms with Crippen LogP contribution >= 0.6 is 0 Å². The molecule has 2 heterocycles. The number of amides is 6. The maximum Gasteiger partial charge on any atom is 0.408 e. The van der Waals surface area contributed by atoms with E-state index in [1.807, 2.05) is 55.4 Å². The van der Waals surface area contributed by atoms with E-state index in [0.717, 1.165) is 109 Å². The third kappa shape index (κ3) is 17.0. The maximum absolute atomic E-state index is 15.2. The van der Waals surface area contributed by atoms with Gasteiger partial charge in [-0.15, -0.1) is 13.2 Å². The van der Waals surface area contributed by atoms with E-state index in [1.165, 1.54) is 0 Å². The fourth-order valence-corrected chi connectivity index (χ4v) is 26.7. The predicted molar refractivity (Wildman–Crippen MR) is 441 cm³/mol. The van der Waals surface area contributed by atoms with Crippen LogP contribution in [-0.4, -0.2) is 155 Å². The Labute approximate surface area is 687 Å². The number of Topliss-reactive ketones (excluding diaryl/α,β-unsaturated/α-hetero) is 3. The molecule has 26 heteroatoms. The minimum atomic E-state index is -3.95. The van der Waals surface area contributed by atoms with Crippen molar-refractivity contribution in [3.8, 4) is 0 Å². The number of carbonyl (C=O) groups is 10. The van der Waals surface area contributed by atoms with Crippen molar-refractivity contribution in [3.63, 3.8) is 0 Å². The van der Waals surface area contributed by atoms with Crippen molar-refractivity contribution < 1.29 is 79.4 Å². The highest BCUT2D eigenvalue weighted by Crippen LogP contribution is 2.89. The minimum Gasteiger partial charge on any atom is -0.480 e. The Morgan fingerprint density at radius 1 is 0.504 bits per heavy atom. The molecule has 2 aliphatic heterocycles. The lowest BCUT2D eigenvalue weighted by molar-refractivity contribution is -0.146. The number of carbonyl (C=O) groups excluding carboxylic acids is 9. The molecule has 10 aliphatic carbocycles. The van der Waals surface area contributed by atoms with E-state index in [9.17, 15) is 65.1 Å². The number of likely N-dealkylation sites (tertiary alicyclic amines) is 2. The molecule has 0 aromatic rings. The quantitative estimate of drug-likeness (QED) is 0.0396. The number of allylic oxidation sites excluding steroid dienone is 2. The number of ketones is 3. The minimum absolute atomic E-state index is 0.0157. The molecule has 12 fully saturated rings. The summed E-state index contributed by atoms with van der Waals surface area (Å²) in [5, 5.41) is 14.6. The SMILES string of the molecule is C=C[C@@H]1C[C@]1(CC(=O)[C@@H]1C[C@@]2(CN1C(=O)[C@@H](CC(=O)[C@@H](NC(=O)OC(C)(C)C)C1CCCCC1)C(C)(C)C)C(C)(C)C21CCC1)C(=O)NS(=O)(=O)C1(CCC)CC1.C=C[C@@H]1C[C@]1(CC(=O)[C@@H]1C[C@@]2(CN1C(=O)[C@@H](N)C(C)(C)C)C(C)(C)C21CCC1)C(=O)NS(=O)(=O)C1(CCC)CC1.CC(C)(C)OC(=O)N[C@H](C(=O)O)C1CCCCC1. The first-order chi connectivity index (χ1) is 53.1. The fraction of sp³-hybridized carbons (Fsp3) is 0.843. The summed E-state index contributed by atoms with van der Waals surface area (Å²) in [5.41, 5.74) is 1.25. The summed E-state index contributed by atoms with van der Waals surface area (Å²) in [6.07, 6.45) is 23.9. The van der Waals surface area contributed by atoms with Crippen LogP contribution < -0.4 is 25.8 Å². The second-order valence-corrected chi connectivity index (χ2v) is 47.1. The van der Waals surface area contributed by atoms with Crippen LogP contribution in [0.25, 0.3) is 0 Å². The van der Waals surface area contributed by atoms with E-state index in [2.05, 4.69) is 60.9 Å². The molecule has 0 aromatic carbocycles. The molecule has 0 unspecified atom stereocenters. The Bertz CT molecular complexity index is 4020. The van der Waals surface area contributed by atoms with Crippen molar-refractivity contribution in [2.75, 3.05) is 13.1 Å². The van der Waals surface area contributed by atoms with E-state index >= 15 is 4.79 Å². The molecule has 12 atom stereocenters. The number of hydrogen-bond acceptors (Lipinski definition) is 17. The average Bonchev–Trinajstić information content (AvgIpc) is 1.45. The van der Waals surface area contributed by atoms with Crippen molar-refractivity contribution in [2.45, 2.75) is 375 Å². The summed E-state index contributed by atoms with van der Waals surface area (Å²) in [5.74, 6) is -4.79. The molecule has 7 N–H and O–H groups in total. The number of carboxylic acids is 1. The maximum atomic E-state index is 15.2. The third-order valence-electron chi connectivity index (χ3n) is 31.4. The second kappa shape index (κ2) is 32.0. The highest BCUT2D eigenvalue weighted by atomic mass is 32.2. The monoisotopic (exact) mass is 1650 g/mol. The van der Waals surface area contributed by atoms with Crippen LogP contribution in [-0.2, 0) is 67.9 Å². The van der Waals surface area contributed by atoms with Gasteiger partial charge in [0.05, 0.1) is 44.5 Å². The van der Waals surface area contributed by atoms with E-state index in [0.29, 0.717) is 83.7 Å². The number of ether oxygens (including phenoxy) is 2. The molecule has 2 saturated heterocycles. The van der Waals surface area contributed by atoms with Gasteiger partial charge in [-0.05, 0) is 213 Å². The van der Waals surface area contributed by atoms with Gasteiger partial charge in [0.2, 0.25) is 43.7 Å². The summed E-state index contributed by atoms with van der Waals surface area (Å²) in [6.45, 7) is 43.8. The van der Waals surface area contributed by atoms with Crippen molar-refractivity contribution in [1.29, 1.82) is 0 Å². The number of carboxylic acid groups (broad SMARTS) is 1. The second-order valence-electron chi connectivity index (χ2n) is 42.9. The molecular weight excluding hydrogens is 1500 g/mol. The van der Waals surface area contributed by atoms with Gasteiger partial charge in [0.15, 0.2) is 17.3 Å². The zero-order valence-corrected chi connectivity index (χ0v) is 74.6. The zero-order chi connectivity index (χ0) is 85.7. The number of aliphatic carboxylic acids is 1. The number of rotatable bonds is 28. The molecule has 0 bridgehead atoms. The van der Waals surface area contributed by atoms with E-state index in [-0.39, 0.29) is 105 Å². The summed E-state index contributed by atoms with van der Waals surface area (Å²) in [7, 11) is -7.80. The Morgan fingerprint density at radius 3 is 1.15 bits per heavy atom. The Balaban J connectivity index is 0.000000208. The molecule has 0 radical (unpaired) electrons. The number of hydrogen-bond donors (Lipinski definition) is 6. The Hall–Kier alpha value is -5.76. The normalized spacial score (nSPS) is 30.5. The average molecular weight is 1650 g/mol. The van der Waals surface area contributed by atoms with Crippen molar-refractivity contribution in [2.24, 2.45) is 89.5 Å². The van der Waals surface area contributed by atoms with Crippen molar-refractivity contribution in [1.82, 2.24) is 29.9 Å². The summed E-state index contributed by atoms with van der Waals surface area (Å²) in [6, 6.07) is -3.86. The molecule has 6 amide bonds. The largest absolute Gasteiger partial charge is 0.480 e. The first-order valence-corrected chi connectivity index (χ1v) is 46.6.